The van der Waals surface area contributed by atoms with Crippen molar-refractivity contribution in [2.75, 3.05) is 27.9 Å². The SMILES string of the molecule is COc1cccc(C(c2cc(OC)ccc2OC)N2CCCC2C(=O)O)c1. The monoisotopic (exact) mass is 371 g/mol. The van der Waals surface area contributed by atoms with E-state index in [2.05, 4.69) is 0 Å². The first-order valence-corrected chi connectivity index (χ1v) is 8.93. The highest BCUT2D eigenvalue weighted by molar-refractivity contribution is 5.74. The van der Waals surface area contributed by atoms with Crippen LogP contribution in [0.25, 0.3) is 0 Å². The first kappa shape index (κ1) is 19.0. The summed E-state index contributed by atoms with van der Waals surface area (Å²) in [6.07, 6.45) is 1.46. The van der Waals surface area contributed by atoms with Crippen molar-refractivity contribution >= 4 is 5.97 Å². The Kier molecular flexibility index (Phi) is 5.86. The third kappa shape index (κ3) is 3.85. The lowest BCUT2D eigenvalue weighted by Crippen LogP contribution is -2.39. The molecule has 1 fully saturated rings. The Morgan fingerprint density at radius 3 is 2.48 bits per heavy atom. The molecule has 6 nitrogen and oxygen atoms in total. The Hall–Kier alpha value is -2.73. The molecule has 0 saturated carbocycles. The molecule has 1 N–H and O–H groups in total. The van der Waals surface area contributed by atoms with Crippen LogP contribution >= 0.6 is 0 Å². The number of carboxylic acids is 1. The predicted octanol–water partition coefficient (Wildman–Crippen LogP) is 3.35. The van der Waals surface area contributed by atoms with Gasteiger partial charge in [-0.1, -0.05) is 12.1 Å². The molecule has 0 radical (unpaired) electrons. The summed E-state index contributed by atoms with van der Waals surface area (Å²) in [4.78, 5) is 13.9. The van der Waals surface area contributed by atoms with Crippen LogP contribution in [0, 0.1) is 0 Å². The van der Waals surface area contributed by atoms with Gasteiger partial charge in [0.1, 0.15) is 23.3 Å². The average molecular weight is 371 g/mol. The number of benzene rings is 2. The standard InChI is InChI=1S/C21H25NO5/c1-25-15-7-4-6-14(12-15)20(22-11-5-8-18(22)21(23)24)17-13-16(26-2)9-10-19(17)27-3/h4,6-7,9-10,12-13,18,20H,5,8,11H2,1-3H3,(H,23,24). The fraction of sp³-hybridized carbons (Fsp3) is 0.381. The molecule has 2 unspecified atom stereocenters. The average Bonchev–Trinajstić information content (AvgIpc) is 3.18. The smallest absolute Gasteiger partial charge is 0.320 e. The maximum Gasteiger partial charge on any atom is 0.320 e. The Bertz CT molecular complexity index is 807. The van der Waals surface area contributed by atoms with Gasteiger partial charge >= 0.3 is 5.97 Å². The van der Waals surface area contributed by atoms with Gasteiger partial charge in [-0.3, -0.25) is 9.69 Å². The molecule has 0 aromatic heterocycles. The molecule has 3 rings (SSSR count). The molecule has 0 aliphatic carbocycles. The van der Waals surface area contributed by atoms with Crippen LogP contribution in [0.15, 0.2) is 42.5 Å². The highest BCUT2D eigenvalue weighted by Gasteiger charge is 2.38. The quantitative estimate of drug-likeness (QED) is 0.805. The molecule has 2 atom stereocenters. The fourth-order valence-electron chi connectivity index (χ4n) is 3.78. The zero-order valence-electron chi connectivity index (χ0n) is 15.8. The van der Waals surface area contributed by atoms with Gasteiger partial charge in [0, 0.05) is 12.1 Å². The normalized spacial score (nSPS) is 18.1. The summed E-state index contributed by atoms with van der Waals surface area (Å²) in [5.41, 5.74) is 1.83. The van der Waals surface area contributed by atoms with E-state index in [9.17, 15) is 9.90 Å². The fourth-order valence-corrected chi connectivity index (χ4v) is 3.78. The van der Waals surface area contributed by atoms with Crippen LogP contribution in [-0.4, -0.2) is 49.9 Å². The minimum Gasteiger partial charge on any atom is -0.497 e. The molecule has 2 aromatic carbocycles. The molecule has 1 aliphatic heterocycles. The lowest BCUT2D eigenvalue weighted by atomic mass is 9.95. The zero-order valence-corrected chi connectivity index (χ0v) is 15.8. The second-order valence-corrected chi connectivity index (χ2v) is 6.52. The molecule has 0 spiro atoms. The van der Waals surface area contributed by atoms with Gasteiger partial charge in [-0.05, 0) is 48.7 Å². The van der Waals surface area contributed by atoms with Crippen molar-refractivity contribution < 1.29 is 24.1 Å². The van der Waals surface area contributed by atoms with Gasteiger partial charge in [-0.25, -0.2) is 0 Å². The molecule has 2 aromatic rings. The Balaban J connectivity index is 2.17. The topological polar surface area (TPSA) is 68.2 Å². The van der Waals surface area contributed by atoms with Crippen molar-refractivity contribution in [1.82, 2.24) is 4.90 Å². The van der Waals surface area contributed by atoms with E-state index in [1.54, 1.807) is 21.3 Å². The van der Waals surface area contributed by atoms with Crippen molar-refractivity contribution in [1.29, 1.82) is 0 Å². The molecular weight excluding hydrogens is 346 g/mol. The van der Waals surface area contributed by atoms with Gasteiger partial charge in [0.2, 0.25) is 0 Å². The van der Waals surface area contributed by atoms with E-state index in [1.165, 1.54) is 0 Å². The second kappa shape index (κ2) is 8.31. The summed E-state index contributed by atoms with van der Waals surface area (Å²) in [7, 11) is 4.85. The Morgan fingerprint density at radius 2 is 1.81 bits per heavy atom. The first-order chi connectivity index (χ1) is 13.1. The van der Waals surface area contributed by atoms with Crippen LogP contribution in [0.2, 0.25) is 0 Å². The van der Waals surface area contributed by atoms with Gasteiger partial charge in [-0.15, -0.1) is 0 Å². The van der Waals surface area contributed by atoms with E-state index in [0.717, 1.165) is 23.3 Å². The number of nitrogens with zero attached hydrogens (tertiary/aromatic N) is 1. The largest absolute Gasteiger partial charge is 0.497 e. The van der Waals surface area contributed by atoms with Crippen molar-refractivity contribution in [3.63, 3.8) is 0 Å². The van der Waals surface area contributed by atoms with E-state index in [0.29, 0.717) is 24.5 Å². The van der Waals surface area contributed by atoms with Crippen molar-refractivity contribution in [2.24, 2.45) is 0 Å². The molecule has 1 saturated heterocycles. The lowest BCUT2D eigenvalue weighted by Gasteiger charge is -2.33. The summed E-state index contributed by atoms with van der Waals surface area (Å²) in [5, 5.41) is 9.73. The molecular formula is C21H25NO5. The second-order valence-electron chi connectivity index (χ2n) is 6.52. The lowest BCUT2D eigenvalue weighted by molar-refractivity contribution is -0.142. The van der Waals surface area contributed by atoms with Crippen LogP contribution in [0.5, 0.6) is 17.2 Å². The number of hydrogen-bond acceptors (Lipinski definition) is 5. The number of hydrogen-bond donors (Lipinski definition) is 1. The molecule has 1 heterocycles. The number of carbonyl (C=O) groups is 1. The molecule has 0 bridgehead atoms. The predicted molar refractivity (Wildman–Crippen MR) is 102 cm³/mol. The van der Waals surface area contributed by atoms with Crippen molar-refractivity contribution in [2.45, 2.75) is 24.9 Å². The minimum atomic E-state index is -0.803. The Morgan fingerprint density at radius 1 is 1.07 bits per heavy atom. The van der Waals surface area contributed by atoms with E-state index in [-0.39, 0.29) is 6.04 Å². The van der Waals surface area contributed by atoms with Gasteiger partial charge < -0.3 is 19.3 Å². The van der Waals surface area contributed by atoms with Gasteiger partial charge in [0.15, 0.2) is 0 Å². The van der Waals surface area contributed by atoms with Crippen molar-refractivity contribution in [3.05, 3.63) is 53.6 Å². The van der Waals surface area contributed by atoms with Gasteiger partial charge in [-0.2, -0.15) is 0 Å². The summed E-state index contributed by atoms with van der Waals surface area (Å²) >= 11 is 0. The van der Waals surface area contributed by atoms with Crippen LogP contribution in [0.4, 0.5) is 0 Å². The van der Waals surface area contributed by atoms with Crippen molar-refractivity contribution in [3.8, 4) is 17.2 Å². The van der Waals surface area contributed by atoms with Crippen LogP contribution in [0.1, 0.15) is 30.0 Å². The van der Waals surface area contributed by atoms with E-state index in [4.69, 9.17) is 14.2 Å². The minimum absolute atomic E-state index is 0.284. The van der Waals surface area contributed by atoms with Crippen LogP contribution in [-0.2, 0) is 4.79 Å². The van der Waals surface area contributed by atoms with Gasteiger partial charge in [0.05, 0.1) is 27.4 Å². The first-order valence-electron chi connectivity index (χ1n) is 8.93. The maximum absolute atomic E-state index is 11.9. The number of methoxy groups -OCH3 is 3. The van der Waals surface area contributed by atoms with E-state index < -0.39 is 12.0 Å². The third-order valence-electron chi connectivity index (χ3n) is 5.05. The summed E-state index contributed by atoms with van der Waals surface area (Å²) < 4.78 is 16.4. The number of carboxylic acid groups (broad SMARTS) is 1. The summed E-state index contributed by atoms with van der Waals surface area (Å²) in [5.74, 6) is 1.32. The number of rotatable bonds is 7. The van der Waals surface area contributed by atoms with Gasteiger partial charge in [0.25, 0.3) is 0 Å². The number of aliphatic carboxylic acids is 1. The molecule has 1 aliphatic rings. The highest BCUT2D eigenvalue weighted by atomic mass is 16.5. The van der Waals surface area contributed by atoms with Crippen LogP contribution in [0.3, 0.4) is 0 Å². The van der Waals surface area contributed by atoms with E-state index >= 15 is 0 Å². The molecule has 6 heteroatoms. The Labute approximate surface area is 159 Å². The number of ether oxygens (including phenoxy) is 3. The number of likely N-dealkylation sites (tertiary alicyclic amines) is 1. The highest BCUT2D eigenvalue weighted by Crippen LogP contribution is 2.41. The van der Waals surface area contributed by atoms with Crippen LogP contribution < -0.4 is 14.2 Å². The molecule has 27 heavy (non-hydrogen) atoms. The molecule has 144 valence electrons. The maximum atomic E-state index is 11.9. The van der Waals surface area contributed by atoms with E-state index in [1.807, 2.05) is 47.4 Å². The summed E-state index contributed by atoms with van der Waals surface area (Å²) in [6.45, 7) is 0.694. The molecule has 0 amide bonds. The summed E-state index contributed by atoms with van der Waals surface area (Å²) in [6, 6.07) is 12.5. The third-order valence-corrected chi connectivity index (χ3v) is 5.05. The zero-order chi connectivity index (χ0) is 19.4.